The van der Waals surface area contributed by atoms with Crippen LogP contribution in [-0.2, 0) is 15.0 Å². The summed E-state index contributed by atoms with van der Waals surface area (Å²) in [5, 5.41) is 0.594. The number of hydrogen-bond donors (Lipinski definition) is 0. The van der Waals surface area contributed by atoms with Gasteiger partial charge in [0.15, 0.2) is 0 Å². The number of halogens is 1. The average molecular weight is 517 g/mol. The molecule has 0 aromatic heterocycles. The van der Waals surface area contributed by atoms with Crippen LogP contribution >= 0.6 is 11.6 Å². The first-order chi connectivity index (χ1) is 18.4. The van der Waals surface area contributed by atoms with Crippen LogP contribution in [0.15, 0.2) is 96.0 Å². The molecular formula is C33H25ClN2O2. The number of benzene rings is 4. The monoisotopic (exact) mass is 516 g/mol. The summed E-state index contributed by atoms with van der Waals surface area (Å²) in [6.07, 6.45) is 1.90. The van der Waals surface area contributed by atoms with Gasteiger partial charge in [-0.3, -0.25) is 14.6 Å². The smallest absolute Gasteiger partial charge is 0.239 e. The Balaban J connectivity index is 1.51. The van der Waals surface area contributed by atoms with Crippen molar-refractivity contribution in [2.45, 2.75) is 25.2 Å². The number of anilines is 1. The zero-order valence-corrected chi connectivity index (χ0v) is 21.8. The Morgan fingerprint density at radius 1 is 0.816 bits per heavy atom. The maximum atomic E-state index is 14.5. The molecule has 2 amide bonds. The molecule has 4 aromatic carbocycles. The number of imide groups is 1. The lowest BCUT2D eigenvalue weighted by molar-refractivity contribution is -0.122. The van der Waals surface area contributed by atoms with Gasteiger partial charge in [-0.1, -0.05) is 83.9 Å². The first-order valence-electron chi connectivity index (χ1n) is 12.9. The zero-order valence-electron chi connectivity index (χ0n) is 21.1. The lowest BCUT2D eigenvalue weighted by Crippen LogP contribution is -2.54. The summed E-state index contributed by atoms with van der Waals surface area (Å²) in [4.78, 5) is 35.1. The molecule has 1 saturated heterocycles. The highest BCUT2D eigenvalue weighted by Crippen LogP contribution is 2.63. The van der Waals surface area contributed by atoms with E-state index in [1.165, 1.54) is 4.90 Å². The maximum Gasteiger partial charge on any atom is 0.239 e. The van der Waals surface area contributed by atoms with Gasteiger partial charge in [-0.2, -0.15) is 0 Å². The lowest BCUT2D eigenvalue weighted by Gasteiger charge is -2.52. The number of carbonyl (C=O) groups is 2. The molecule has 2 atom stereocenters. The molecule has 1 heterocycles. The predicted molar refractivity (Wildman–Crippen MR) is 150 cm³/mol. The van der Waals surface area contributed by atoms with Crippen molar-refractivity contribution in [2.24, 2.45) is 16.8 Å². The molecule has 0 unspecified atom stereocenters. The molecule has 3 aliphatic carbocycles. The van der Waals surface area contributed by atoms with Gasteiger partial charge in [0, 0.05) is 17.2 Å². The second kappa shape index (κ2) is 8.24. The van der Waals surface area contributed by atoms with Gasteiger partial charge in [-0.25, -0.2) is 4.90 Å². The van der Waals surface area contributed by atoms with Gasteiger partial charge < -0.3 is 0 Å². The molecule has 186 valence electrons. The summed E-state index contributed by atoms with van der Waals surface area (Å²) in [6, 6.07) is 29.7. The Kier molecular flexibility index (Phi) is 5.01. The first kappa shape index (κ1) is 23.1. The summed E-state index contributed by atoms with van der Waals surface area (Å²) in [7, 11) is 0. The van der Waals surface area contributed by atoms with Crippen LogP contribution in [0.3, 0.4) is 0 Å². The minimum atomic E-state index is -0.894. The summed E-state index contributed by atoms with van der Waals surface area (Å²) in [6.45, 7) is 3.97. The number of hydrogen-bond acceptors (Lipinski definition) is 3. The third-order valence-electron chi connectivity index (χ3n) is 8.50. The van der Waals surface area contributed by atoms with Gasteiger partial charge in [-0.15, -0.1) is 0 Å². The Hall–Kier alpha value is -4.02. The number of amides is 2. The minimum Gasteiger partial charge on any atom is -0.274 e. The number of aliphatic imine (C=N–C) groups is 1. The Bertz CT molecular complexity index is 1640. The third-order valence-corrected chi connectivity index (χ3v) is 8.74. The second-order valence-electron chi connectivity index (χ2n) is 10.6. The zero-order chi connectivity index (χ0) is 26.2. The van der Waals surface area contributed by atoms with Gasteiger partial charge in [0.05, 0.1) is 28.6 Å². The highest BCUT2D eigenvalue weighted by atomic mass is 35.5. The van der Waals surface area contributed by atoms with Crippen molar-refractivity contribution in [3.8, 4) is 0 Å². The number of nitrogens with zero attached hydrogens (tertiary/aromatic N) is 2. The normalized spacial score (nSPS) is 25.0. The van der Waals surface area contributed by atoms with Crippen molar-refractivity contribution in [2.75, 3.05) is 4.90 Å². The van der Waals surface area contributed by atoms with Crippen molar-refractivity contribution in [3.63, 3.8) is 0 Å². The van der Waals surface area contributed by atoms with E-state index in [1.54, 1.807) is 0 Å². The van der Waals surface area contributed by atoms with Crippen LogP contribution in [0.25, 0.3) is 0 Å². The topological polar surface area (TPSA) is 49.7 Å². The maximum absolute atomic E-state index is 14.5. The van der Waals surface area contributed by atoms with Gasteiger partial charge in [0.1, 0.15) is 0 Å². The van der Waals surface area contributed by atoms with E-state index in [9.17, 15) is 9.59 Å². The fraction of sp³-hybridized carbons (Fsp3) is 0.182. The quantitative estimate of drug-likeness (QED) is 0.219. The van der Waals surface area contributed by atoms with Crippen LogP contribution in [-0.4, -0.2) is 18.0 Å². The van der Waals surface area contributed by atoms with E-state index in [1.807, 2.05) is 86.8 Å². The van der Waals surface area contributed by atoms with Crippen molar-refractivity contribution >= 4 is 41.0 Å². The number of aryl methyl sites for hydroxylation is 2. The van der Waals surface area contributed by atoms with Crippen LogP contribution in [0.2, 0.25) is 5.02 Å². The van der Waals surface area contributed by atoms with Crippen molar-refractivity contribution in [1.82, 2.24) is 0 Å². The van der Waals surface area contributed by atoms with Gasteiger partial charge in [0.25, 0.3) is 0 Å². The van der Waals surface area contributed by atoms with E-state index < -0.39 is 17.3 Å². The van der Waals surface area contributed by atoms with E-state index in [0.29, 0.717) is 16.4 Å². The minimum absolute atomic E-state index is 0.138. The van der Waals surface area contributed by atoms with E-state index in [4.69, 9.17) is 16.6 Å². The molecule has 5 heteroatoms. The standard InChI is InChI=1S/C33H25ClN2O2/c1-19-14-15-27(20(2)16-19)36-31(37)29-28-23-10-3-5-12-25(23)33(30(29)32(36)38,26-13-6-4-11-24(26)28)18-35-22-9-7-8-21(34)17-22/h3-18,28-30H,1-2H3/t28?,29-,30-,33?/m1/s1. The number of carbonyl (C=O) groups excluding carboxylic acids is 2. The third kappa shape index (κ3) is 3.01. The molecule has 8 rings (SSSR count). The SMILES string of the molecule is Cc1ccc(N2C(=O)[C@@H]3C4c5ccccc5C(C=Nc5cccc(Cl)c5)(c5ccccc54)[C@H]3C2=O)c(C)c1. The average Bonchev–Trinajstić information content (AvgIpc) is 3.18. The van der Waals surface area contributed by atoms with E-state index in [-0.39, 0.29) is 17.7 Å². The Labute approximate surface area is 226 Å². The summed E-state index contributed by atoms with van der Waals surface area (Å²) in [5.74, 6) is -1.62. The summed E-state index contributed by atoms with van der Waals surface area (Å²) < 4.78 is 0. The highest BCUT2D eigenvalue weighted by Gasteiger charge is 2.68. The fourth-order valence-corrected chi connectivity index (χ4v) is 7.26. The molecule has 0 radical (unpaired) electrons. The highest BCUT2D eigenvalue weighted by molar-refractivity contribution is 6.30. The number of rotatable bonds is 3. The van der Waals surface area contributed by atoms with E-state index in [0.717, 1.165) is 33.4 Å². The van der Waals surface area contributed by atoms with Crippen LogP contribution in [0.1, 0.15) is 39.3 Å². The first-order valence-corrected chi connectivity index (χ1v) is 13.2. The van der Waals surface area contributed by atoms with Crippen LogP contribution in [0.5, 0.6) is 0 Å². The van der Waals surface area contributed by atoms with Crippen LogP contribution in [0.4, 0.5) is 11.4 Å². The van der Waals surface area contributed by atoms with E-state index >= 15 is 0 Å². The molecule has 4 aliphatic rings. The molecular weight excluding hydrogens is 492 g/mol. The molecule has 1 fully saturated rings. The predicted octanol–water partition coefficient (Wildman–Crippen LogP) is 6.91. The van der Waals surface area contributed by atoms with E-state index in [2.05, 4.69) is 24.3 Å². The fourth-order valence-electron chi connectivity index (χ4n) is 7.08. The lowest BCUT2D eigenvalue weighted by atomic mass is 9.47. The molecule has 38 heavy (non-hydrogen) atoms. The van der Waals surface area contributed by atoms with Crippen molar-refractivity contribution in [3.05, 3.63) is 129 Å². The van der Waals surface area contributed by atoms with Gasteiger partial charge in [0.2, 0.25) is 11.8 Å². The van der Waals surface area contributed by atoms with Crippen LogP contribution in [0, 0.1) is 25.7 Å². The molecule has 0 N–H and O–H groups in total. The Morgan fingerprint density at radius 3 is 2.16 bits per heavy atom. The summed E-state index contributed by atoms with van der Waals surface area (Å²) >= 11 is 6.27. The van der Waals surface area contributed by atoms with Gasteiger partial charge >= 0.3 is 0 Å². The van der Waals surface area contributed by atoms with Crippen molar-refractivity contribution < 1.29 is 9.59 Å². The summed E-state index contributed by atoms with van der Waals surface area (Å²) in [5.41, 5.74) is 6.74. The molecule has 4 nitrogen and oxygen atoms in total. The molecule has 1 aliphatic heterocycles. The van der Waals surface area contributed by atoms with Crippen LogP contribution < -0.4 is 4.90 Å². The second-order valence-corrected chi connectivity index (χ2v) is 11.0. The largest absolute Gasteiger partial charge is 0.274 e. The Morgan fingerprint density at radius 2 is 1.50 bits per heavy atom. The molecule has 2 bridgehead atoms. The molecule has 4 aromatic rings. The van der Waals surface area contributed by atoms with Crippen molar-refractivity contribution in [1.29, 1.82) is 0 Å². The van der Waals surface area contributed by atoms with Gasteiger partial charge in [-0.05, 0) is 65.9 Å². The molecule has 0 spiro atoms. The molecule has 0 saturated carbocycles.